The Morgan fingerprint density at radius 2 is 1.54 bits per heavy atom. The Morgan fingerprint density at radius 3 is 2.07 bits per heavy atom. The maximum Gasteiger partial charge on any atom is 0.277 e. The van der Waals surface area contributed by atoms with E-state index in [-0.39, 0.29) is 17.5 Å². The minimum absolute atomic E-state index is 0.178. The number of benzene rings is 2. The number of non-ortho nitro benzene ring substituents is 2. The third-order valence-corrected chi connectivity index (χ3v) is 4.25. The number of nitrogens with zero attached hydrogens (tertiary/aromatic N) is 2. The van der Waals surface area contributed by atoms with E-state index in [0.717, 1.165) is 31.0 Å². The molecule has 1 aliphatic rings. The first kappa shape index (κ1) is 19.0. The van der Waals surface area contributed by atoms with Gasteiger partial charge in [0.1, 0.15) is 0 Å². The van der Waals surface area contributed by atoms with E-state index in [4.69, 9.17) is 0 Å². The number of hydrogen-bond donors (Lipinski definition) is 2. The second-order valence-corrected chi connectivity index (χ2v) is 6.48. The fourth-order valence-corrected chi connectivity index (χ4v) is 2.53. The quantitative estimate of drug-likeness (QED) is 0.578. The summed E-state index contributed by atoms with van der Waals surface area (Å²) in [6.07, 6.45) is 1.87. The number of rotatable bonds is 6. The van der Waals surface area contributed by atoms with Crippen LogP contribution in [0.1, 0.15) is 39.1 Å². The molecule has 0 aliphatic heterocycles. The molecule has 0 bridgehead atoms. The molecular weight excluding hydrogens is 368 g/mol. The van der Waals surface area contributed by atoms with Crippen LogP contribution in [0.15, 0.2) is 36.4 Å². The fraction of sp³-hybridized carbons (Fsp3) is 0.222. The Labute approximate surface area is 158 Å². The Morgan fingerprint density at radius 1 is 0.929 bits per heavy atom. The van der Waals surface area contributed by atoms with Gasteiger partial charge in [0.05, 0.1) is 21.5 Å². The van der Waals surface area contributed by atoms with E-state index in [1.807, 2.05) is 0 Å². The van der Waals surface area contributed by atoms with Crippen LogP contribution in [0, 0.1) is 27.2 Å². The number of amides is 2. The van der Waals surface area contributed by atoms with Gasteiger partial charge in [0.2, 0.25) is 0 Å². The molecule has 0 aromatic heterocycles. The number of nitrogens with one attached hydrogen (secondary N) is 2. The van der Waals surface area contributed by atoms with E-state index < -0.39 is 27.1 Å². The molecule has 2 N–H and O–H groups in total. The molecule has 10 nitrogen and oxygen atoms in total. The van der Waals surface area contributed by atoms with Crippen molar-refractivity contribution in [1.29, 1.82) is 0 Å². The summed E-state index contributed by atoms with van der Waals surface area (Å²) in [7, 11) is 0. The molecule has 0 atom stereocenters. The molecule has 10 heteroatoms. The summed E-state index contributed by atoms with van der Waals surface area (Å²) in [6, 6.07) is 7.66. The zero-order valence-electron chi connectivity index (χ0n) is 14.8. The molecular formula is C18H16N4O6. The monoisotopic (exact) mass is 384 g/mol. The minimum atomic E-state index is -0.808. The lowest BCUT2D eigenvalue weighted by Crippen LogP contribution is -2.25. The van der Waals surface area contributed by atoms with Gasteiger partial charge < -0.3 is 10.6 Å². The molecule has 2 aromatic carbocycles. The number of hydrogen-bond acceptors (Lipinski definition) is 6. The molecule has 2 aromatic rings. The minimum Gasteiger partial charge on any atom is -0.349 e. The Bertz CT molecular complexity index is 967. The Hall–Kier alpha value is -3.82. The molecule has 0 heterocycles. The SMILES string of the molecule is Cc1ccc(C(=O)NC2CC2)cc1NC(=O)c1cc([N+](=O)[O-])cc([N+](=O)[O-])c1. The van der Waals surface area contributed by atoms with Crippen LogP contribution in [0.5, 0.6) is 0 Å². The van der Waals surface area contributed by atoms with Crippen molar-refractivity contribution < 1.29 is 19.4 Å². The zero-order chi connectivity index (χ0) is 20.4. The van der Waals surface area contributed by atoms with E-state index in [9.17, 15) is 29.8 Å². The fourth-order valence-electron chi connectivity index (χ4n) is 2.53. The van der Waals surface area contributed by atoms with Crippen LogP contribution in [0.2, 0.25) is 0 Å². The molecule has 28 heavy (non-hydrogen) atoms. The second-order valence-electron chi connectivity index (χ2n) is 6.48. The molecule has 0 radical (unpaired) electrons. The van der Waals surface area contributed by atoms with E-state index in [2.05, 4.69) is 10.6 Å². The Kier molecular flexibility index (Phi) is 5.03. The first-order valence-corrected chi connectivity index (χ1v) is 8.41. The van der Waals surface area contributed by atoms with Crippen molar-refractivity contribution in [2.24, 2.45) is 0 Å². The van der Waals surface area contributed by atoms with Crippen LogP contribution in [0.4, 0.5) is 17.1 Å². The van der Waals surface area contributed by atoms with Crippen molar-refractivity contribution in [3.8, 4) is 0 Å². The molecule has 2 amide bonds. The third kappa shape index (κ3) is 4.29. The maximum atomic E-state index is 12.5. The lowest BCUT2D eigenvalue weighted by molar-refractivity contribution is -0.394. The highest BCUT2D eigenvalue weighted by molar-refractivity contribution is 6.06. The molecule has 1 fully saturated rings. The smallest absolute Gasteiger partial charge is 0.277 e. The topological polar surface area (TPSA) is 144 Å². The van der Waals surface area contributed by atoms with Gasteiger partial charge in [-0.3, -0.25) is 29.8 Å². The Balaban J connectivity index is 1.87. The van der Waals surface area contributed by atoms with Gasteiger partial charge in [-0.05, 0) is 37.5 Å². The normalized spacial score (nSPS) is 12.9. The summed E-state index contributed by atoms with van der Waals surface area (Å²) < 4.78 is 0. The number of anilines is 1. The lowest BCUT2D eigenvalue weighted by atomic mass is 10.1. The molecule has 0 saturated heterocycles. The van der Waals surface area contributed by atoms with Crippen molar-refractivity contribution in [3.63, 3.8) is 0 Å². The molecule has 0 unspecified atom stereocenters. The number of nitro groups is 2. The van der Waals surface area contributed by atoms with Crippen molar-refractivity contribution in [1.82, 2.24) is 5.32 Å². The van der Waals surface area contributed by atoms with E-state index >= 15 is 0 Å². The van der Waals surface area contributed by atoms with Gasteiger partial charge in [-0.25, -0.2) is 0 Å². The summed E-state index contributed by atoms with van der Waals surface area (Å²) in [5, 5.41) is 27.4. The number of carbonyl (C=O) groups is 2. The van der Waals surface area contributed by atoms with Crippen LogP contribution in [-0.4, -0.2) is 27.7 Å². The first-order valence-electron chi connectivity index (χ1n) is 8.41. The van der Waals surface area contributed by atoms with Crippen molar-refractivity contribution in [2.75, 3.05) is 5.32 Å². The number of aryl methyl sites for hydroxylation is 1. The van der Waals surface area contributed by atoms with Gasteiger partial charge in [-0.1, -0.05) is 6.07 Å². The summed E-state index contributed by atoms with van der Waals surface area (Å²) >= 11 is 0. The lowest BCUT2D eigenvalue weighted by Gasteiger charge is -2.11. The van der Waals surface area contributed by atoms with Crippen molar-refractivity contribution in [3.05, 3.63) is 73.3 Å². The van der Waals surface area contributed by atoms with Crippen molar-refractivity contribution >= 4 is 28.9 Å². The second kappa shape index (κ2) is 7.43. The van der Waals surface area contributed by atoms with Crippen molar-refractivity contribution in [2.45, 2.75) is 25.8 Å². The van der Waals surface area contributed by atoms with Gasteiger partial charge >= 0.3 is 0 Å². The van der Waals surface area contributed by atoms with Crippen LogP contribution >= 0.6 is 0 Å². The summed E-state index contributed by atoms with van der Waals surface area (Å²) in [5.74, 6) is -1.02. The van der Waals surface area contributed by atoms with Crippen LogP contribution in [0.3, 0.4) is 0 Å². The largest absolute Gasteiger partial charge is 0.349 e. The molecule has 1 saturated carbocycles. The third-order valence-electron chi connectivity index (χ3n) is 4.25. The highest BCUT2D eigenvalue weighted by atomic mass is 16.6. The summed E-state index contributed by atoms with van der Waals surface area (Å²) in [4.78, 5) is 45.1. The highest BCUT2D eigenvalue weighted by Gasteiger charge is 2.24. The van der Waals surface area contributed by atoms with Crippen LogP contribution in [0.25, 0.3) is 0 Å². The predicted molar refractivity (Wildman–Crippen MR) is 99.4 cm³/mol. The zero-order valence-corrected chi connectivity index (χ0v) is 14.8. The van der Waals surface area contributed by atoms with Crippen LogP contribution in [-0.2, 0) is 0 Å². The first-order chi connectivity index (χ1) is 13.2. The maximum absolute atomic E-state index is 12.5. The van der Waals surface area contributed by atoms with Gasteiger partial charge in [0, 0.05) is 29.4 Å². The molecule has 1 aliphatic carbocycles. The average molecular weight is 384 g/mol. The average Bonchev–Trinajstić information content (AvgIpc) is 3.46. The molecule has 3 rings (SSSR count). The van der Waals surface area contributed by atoms with Gasteiger partial charge in [-0.2, -0.15) is 0 Å². The van der Waals surface area contributed by atoms with E-state index in [0.29, 0.717) is 16.8 Å². The highest BCUT2D eigenvalue weighted by Crippen LogP contribution is 2.25. The standard InChI is InChI=1S/C18H16N4O6/c1-10-2-3-11(17(23)19-13-4-5-13)8-16(10)20-18(24)12-6-14(21(25)26)9-15(7-12)22(27)28/h2-3,6-9,13H,4-5H2,1H3,(H,19,23)(H,20,24). The summed E-state index contributed by atoms with van der Waals surface area (Å²) in [6.45, 7) is 1.72. The van der Waals surface area contributed by atoms with Gasteiger partial charge in [0.15, 0.2) is 0 Å². The number of nitro benzene ring substituents is 2. The molecule has 0 spiro atoms. The summed E-state index contributed by atoms with van der Waals surface area (Å²) in [5.41, 5.74) is 0.00656. The van der Waals surface area contributed by atoms with Gasteiger partial charge in [0.25, 0.3) is 23.2 Å². The number of carbonyl (C=O) groups excluding carboxylic acids is 2. The molecule has 144 valence electrons. The van der Waals surface area contributed by atoms with Gasteiger partial charge in [-0.15, -0.1) is 0 Å². The van der Waals surface area contributed by atoms with E-state index in [1.54, 1.807) is 19.1 Å². The van der Waals surface area contributed by atoms with Crippen LogP contribution < -0.4 is 10.6 Å². The van der Waals surface area contributed by atoms with E-state index in [1.165, 1.54) is 6.07 Å². The predicted octanol–water partition coefficient (Wildman–Crippen LogP) is 2.96.